The van der Waals surface area contributed by atoms with Gasteiger partial charge in [0.25, 0.3) is 6.29 Å². The predicted molar refractivity (Wildman–Crippen MR) is 419 cm³/mol. The number of esters is 2. The first-order chi connectivity index (χ1) is 47.6. The van der Waals surface area contributed by atoms with E-state index in [1.54, 1.807) is 0 Å². The molecule has 0 spiro atoms. The number of ether oxygens (including phenoxy) is 4. The first-order valence-corrected chi connectivity index (χ1v) is 40.3. The van der Waals surface area contributed by atoms with Crippen LogP contribution in [0.4, 0.5) is 0 Å². The Morgan fingerprint density at radius 2 is 0.588 bits per heavy atom. The average Bonchev–Trinajstić information content (AvgIpc) is 2.59. The second-order valence-electron chi connectivity index (χ2n) is 28.0. The van der Waals surface area contributed by atoms with Crippen LogP contribution in [0.5, 0.6) is 0 Å². The number of carbonyl (C=O) groups excluding carboxylic acids is 2. The van der Waals surface area contributed by atoms with Crippen molar-refractivity contribution in [2.45, 2.75) is 360 Å². The molecule has 0 aromatic heterocycles. The van der Waals surface area contributed by atoms with Gasteiger partial charge >= 0.3 is 17.9 Å². The molecule has 0 saturated heterocycles. The number of unbranched alkanes of at least 4 members (excludes halogenated alkanes) is 37. The molecule has 0 bridgehead atoms. The number of nitrogens with zero attached hydrogens (tertiary/aromatic N) is 1. The van der Waals surface area contributed by atoms with Gasteiger partial charge in [0.1, 0.15) is 13.2 Å². The molecule has 97 heavy (non-hydrogen) atoms. The van der Waals surface area contributed by atoms with Gasteiger partial charge in [-0.1, -0.05) is 353 Å². The molecule has 0 heterocycles. The molecule has 2 unspecified atom stereocenters. The maximum Gasteiger partial charge on any atom is 0.361 e. The second kappa shape index (κ2) is 77.2. The number of rotatable bonds is 74. The highest BCUT2D eigenvalue weighted by atomic mass is 16.7. The number of quaternary nitrogens is 1. The van der Waals surface area contributed by atoms with Gasteiger partial charge < -0.3 is 28.5 Å². The number of hydrogen-bond donors (Lipinski definition) is 1. The molecule has 0 aliphatic rings. The Hall–Kier alpha value is -4.57. The van der Waals surface area contributed by atoms with Gasteiger partial charge in [-0.3, -0.25) is 9.59 Å². The zero-order chi connectivity index (χ0) is 70.4. The summed E-state index contributed by atoms with van der Waals surface area (Å²) in [6.45, 7) is 4.75. The first-order valence-electron chi connectivity index (χ1n) is 40.3. The van der Waals surface area contributed by atoms with Crippen LogP contribution >= 0.6 is 0 Å². The summed E-state index contributed by atoms with van der Waals surface area (Å²) in [6.07, 6.45) is 109. The fraction of sp³-hybridized carbons (Fsp3) is 0.716. The Morgan fingerprint density at radius 1 is 0.320 bits per heavy atom. The standard InChI is InChI=1S/C88H151NO8/c1-6-8-10-12-14-16-18-20-22-24-26-28-30-32-34-36-38-40-41-42-43-44-45-47-48-50-52-54-56-58-60-62-64-66-68-70-72-74-76-78-85(90)95-82-84(83-96-88(87(92)93)94-81-80-89(3,4)5)97-86(91)79-77-75-73-71-69-67-65-63-61-59-57-55-53-51-49-46-39-37-35-33-31-29-27-25-23-21-19-17-15-13-11-9-7-2/h9,11,15,17-18,20-21,23-24,26-27,29,33,35,39,46,51,53,57,59,63,65,84,88H,6-8,10,12-14,16,19,22,25,28,30-32,34,36-38,40-45,47-50,52,54-56,58,60-62,64,66-83H2,1-5H3/p+1/b11-9-,17-15-,20-18-,23-21-,26-24-,29-27-,35-33-,46-39-,53-51-,59-57-,65-63-. The van der Waals surface area contributed by atoms with Gasteiger partial charge in [0.2, 0.25) is 0 Å². The van der Waals surface area contributed by atoms with Gasteiger partial charge in [-0.25, -0.2) is 4.79 Å². The Kier molecular flexibility index (Phi) is 73.5. The van der Waals surface area contributed by atoms with E-state index in [0.29, 0.717) is 23.9 Å². The van der Waals surface area contributed by atoms with Crippen molar-refractivity contribution < 1.29 is 42.9 Å². The maximum absolute atomic E-state index is 13.0. The minimum absolute atomic E-state index is 0.178. The third-order valence-electron chi connectivity index (χ3n) is 17.4. The molecule has 2 atom stereocenters. The zero-order valence-corrected chi connectivity index (χ0v) is 63.7. The quantitative estimate of drug-likeness (QED) is 0.0211. The van der Waals surface area contributed by atoms with Crippen molar-refractivity contribution in [3.8, 4) is 0 Å². The van der Waals surface area contributed by atoms with Crippen molar-refractivity contribution in [1.29, 1.82) is 0 Å². The van der Waals surface area contributed by atoms with Crippen LogP contribution in [-0.2, 0) is 33.3 Å². The summed E-state index contributed by atoms with van der Waals surface area (Å²) in [7, 11) is 5.97. The number of aliphatic carboxylic acids is 1. The third-order valence-corrected chi connectivity index (χ3v) is 17.4. The van der Waals surface area contributed by atoms with Crippen LogP contribution in [0.25, 0.3) is 0 Å². The lowest BCUT2D eigenvalue weighted by Gasteiger charge is -2.25. The van der Waals surface area contributed by atoms with Crippen molar-refractivity contribution in [3.05, 3.63) is 134 Å². The van der Waals surface area contributed by atoms with E-state index in [9.17, 15) is 19.5 Å². The molecule has 0 saturated carbocycles. The van der Waals surface area contributed by atoms with E-state index in [0.717, 1.165) is 116 Å². The molecule has 0 radical (unpaired) electrons. The molecule has 0 aliphatic heterocycles. The van der Waals surface area contributed by atoms with Crippen molar-refractivity contribution in [2.75, 3.05) is 47.5 Å². The van der Waals surface area contributed by atoms with E-state index in [4.69, 9.17) is 18.9 Å². The molecule has 0 rings (SSSR count). The minimum atomic E-state index is -1.52. The predicted octanol–water partition coefficient (Wildman–Crippen LogP) is 26.0. The van der Waals surface area contributed by atoms with Crippen LogP contribution < -0.4 is 0 Å². The average molecular weight is 1350 g/mol. The summed E-state index contributed by atoms with van der Waals surface area (Å²) in [6, 6.07) is 0. The molecular formula is C88H152NO8+. The molecule has 1 N–H and O–H groups in total. The molecule has 556 valence electrons. The van der Waals surface area contributed by atoms with Crippen LogP contribution in [-0.4, -0.2) is 87.4 Å². The van der Waals surface area contributed by atoms with Crippen LogP contribution in [0.3, 0.4) is 0 Å². The molecular weight excluding hydrogens is 1200 g/mol. The van der Waals surface area contributed by atoms with Crippen LogP contribution in [0.2, 0.25) is 0 Å². The highest BCUT2D eigenvalue weighted by molar-refractivity contribution is 5.71. The van der Waals surface area contributed by atoms with Crippen LogP contribution in [0.1, 0.15) is 348 Å². The van der Waals surface area contributed by atoms with E-state index in [1.807, 2.05) is 21.1 Å². The normalized spacial score (nSPS) is 13.4. The summed E-state index contributed by atoms with van der Waals surface area (Å²) in [5, 5.41) is 9.77. The Bertz CT molecular complexity index is 2060. The lowest BCUT2D eigenvalue weighted by molar-refractivity contribution is -0.870. The minimum Gasteiger partial charge on any atom is -0.477 e. The van der Waals surface area contributed by atoms with Gasteiger partial charge in [-0.05, 0) is 116 Å². The smallest absolute Gasteiger partial charge is 0.361 e. The van der Waals surface area contributed by atoms with E-state index in [-0.39, 0.29) is 32.2 Å². The molecule has 0 aromatic carbocycles. The van der Waals surface area contributed by atoms with Gasteiger partial charge in [-0.15, -0.1) is 0 Å². The second-order valence-corrected chi connectivity index (χ2v) is 28.0. The van der Waals surface area contributed by atoms with Gasteiger partial charge in [0, 0.05) is 12.8 Å². The van der Waals surface area contributed by atoms with Crippen molar-refractivity contribution in [3.63, 3.8) is 0 Å². The Balaban J connectivity index is 4.06. The summed E-state index contributed by atoms with van der Waals surface area (Å²) in [4.78, 5) is 37.7. The monoisotopic (exact) mass is 1350 g/mol. The van der Waals surface area contributed by atoms with Crippen LogP contribution in [0, 0.1) is 0 Å². The zero-order valence-electron chi connectivity index (χ0n) is 63.7. The first kappa shape index (κ1) is 92.4. The van der Waals surface area contributed by atoms with E-state index >= 15 is 0 Å². The lowest BCUT2D eigenvalue weighted by atomic mass is 10.0. The number of carbonyl (C=O) groups is 3. The number of carboxylic acid groups (broad SMARTS) is 1. The van der Waals surface area contributed by atoms with Crippen molar-refractivity contribution in [2.24, 2.45) is 0 Å². The van der Waals surface area contributed by atoms with Crippen molar-refractivity contribution >= 4 is 17.9 Å². The molecule has 0 aromatic rings. The molecule has 0 aliphatic carbocycles. The maximum atomic E-state index is 13.0. The van der Waals surface area contributed by atoms with Gasteiger partial charge in [0.05, 0.1) is 34.4 Å². The SMILES string of the molecule is CC/C=C\C/C=C\C/C=C\C/C=C\C/C=C\C/C=C\C/C=C\C/C=C\C/C=C\CCCCCCCC(=O)OC(COC(=O)CCCCCCCCCCCCCCCCCCCCCCCCCCCCC/C=C\C/C=C\CCCCCCC)COC(OCC[N+](C)(C)C)C(=O)O. The number of hydrogen-bond acceptors (Lipinski definition) is 7. The Labute approximate surface area is 599 Å². The van der Waals surface area contributed by atoms with Crippen LogP contribution in [0.15, 0.2) is 134 Å². The summed E-state index contributed by atoms with van der Waals surface area (Å²) in [5.41, 5.74) is 0. The molecule has 9 heteroatoms. The third kappa shape index (κ3) is 78.6. The number of likely N-dealkylation sites (N-methyl/N-ethyl adjacent to an activating group) is 1. The summed E-state index contributed by atoms with van der Waals surface area (Å²) >= 11 is 0. The van der Waals surface area contributed by atoms with E-state index in [2.05, 4.69) is 148 Å². The van der Waals surface area contributed by atoms with Gasteiger partial charge in [-0.2, -0.15) is 0 Å². The number of carboxylic acids is 1. The highest BCUT2D eigenvalue weighted by Gasteiger charge is 2.25. The summed E-state index contributed by atoms with van der Waals surface area (Å²) in [5.74, 6) is -2.03. The molecule has 0 fully saturated rings. The molecule has 0 amide bonds. The van der Waals surface area contributed by atoms with Gasteiger partial charge in [0.15, 0.2) is 6.10 Å². The van der Waals surface area contributed by atoms with E-state index in [1.165, 1.54) is 199 Å². The largest absolute Gasteiger partial charge is 0.477 e. The number of allylic oxidation sites excluding steroid dienone is 22. The fourth-order valence-corrected chi connectivity index (χ4v) is 11.3. The topological polar surface area (TPSA) is 108 Å². The Morgan fingerprint density at radius 3 is 0.876 bits per heavy atom. The van der Waals surface area contributed by atoms with E-state index < -0.39 is 24.3 Å². The fourth-order valence-electron chi connectivity index (χ4n) is 11.3. The lowest BCUT2D eigenvalue weighted by Crippen LogP contribution is -2.40. The van der Waals surface area contributed by atoms with Crippen molar-refractivity contribution in [1.82, 2.24) is 0 Å². The summed E-state index contributed by atoms with van der Waals surface area (Å²) < 4.78 is 23.0. The molecule has 9 nitrogen and oxygen atoms in total. The highest BCUT2D eigenvalue weighted by Crippen LogP contribution is 2.18.